The number of nitrogens with one attached hydrogen (secondary N) is 1. The second kappa shape index (κ2) is 7.71. The van der Waals surface area contributed by atoms with Gasteiger partial charge in [-0.2, -0.15) is 11.8 Å². The monoisotopic (exact) mass is 308 g/mol. The zero-order valence-electron chi connectivity index (χ0n) is 12.4. The third-order valence-corrected chi connectivity index (χ3v) is 5.23. The van der Waals surface area contributed by atoms with Gasteiger partial charge in [-0.3, -0.25) is 4.79 Å². The van der Waals surface area contributed by atoms with Crippen molar-refractivity contribution in [2.45, 2.75) is 49.4 Å². The maximum absolute atomic E-state index is 12.2. The molecule has 4 N–H and O–H groups in total. The smallest absolute Gasteiger partial charge is 0.237 e. The van der Waals surface area contributed by atoms with E-state index in [1.165, 1.54) is 19.3 Å². The number of benzene rings is 1. The SMILES string of the molecule is CSC1CCCCC1NC(=O)C(N)Cc1ccc(O)cc1. The number of amides is 1. The van der Waals surface area contributed by atoms with Crippen LogP contribution in [0.5, 0.6) is 5.75 Å². The Hall–Kier alpha value is -1.20. The lowest BCUT2D eigenvalue weighted by atomic mass is 9.94. The van der Waals surface area contributed by atoms with E-state index in [1.54, 1.807) is 24.3 Å². The van der Waals surface area contributed by atoms with Crippen LogP contribution in [0.25, 0.3) is 0 Å². The fourth-order valence-electron chi connectivity index (χ4n) is 2.81. The first-order chi connectivity index (χ1) is 10.1. The van der Waals surface area contributed by atoms with Gasteiger partial charge in [-0.05, 0) is 43.2 Å². The van der Waals surface area contributed by atoms with Gasteiger partial charge in [0, 0.05) is 11.3 Å². The van der Waals surface area contributed by atoms with Gasteiger partial charge in [-0.25, -0.2) is 0 Å². The van der Waals surface area contributed by atoms with Crippen molar-refractivity contribution in [3.8, 4) is 5.75 Å². The van der Waals surface area contributed by atoms with E-state index in [2.05, 4.69) is 11.6 Å². The lowest BCUT2D eigenvalue weighted by molar-refractivity contribution is -0.123. The maximum Gasteiger partial charge on any atom is 0.237 e. The van der Waals surface area contributed by atoms with Crippen LogP contribution in [0.15, 0.2) is 24.3 Å². The van der Waals surface area contributed by atoms with Gasteiger partial charge in [-0.1, -0.05) is 25.0 Å². The summed E-state index contributed by atoms with van der Waals surface area (Å²) >= 11 is 1.83. The number of hydrogen-bond donors (Lipinski definition) is 3. The van der Waals surface area contributed by atoms with Crippen LogP contribution >= 0.6 is 11.8 Å². The summed E-state index contributed by atoms with van der Waals surface area (Å²) in [7, 11) is 0. The summed E-state index contributed by atoms with van der Waals surface area (Å²) in [6.07, 6.45) is 7.23. The van der Waals surface area contributed by atoms with Crippen molar-refractivity contribution in [3.05, 3.63) is 29.8 Å². The van der Waals surface area contributed by atoms with E-state index in [0.717, 1.165) is 12.0 Å². The van der Waals surface area contributed by atoms with Crippen molar-refractivity contribution in [1.29, 1.82) is 0 Å². The normalized spacial score (nSPS) is 23.5. The predicted molar refractivity (Wildman–Crippen MR) is 87.5 cm³/mol. The average molecular weight is 308 g/mol. The van der Waals surface area contributed by atoms with Crippen LogP contribution in [0.4, 0.5) is 0 Å². The molecule has 1 fully saturated rings. The minimum absolute atomic E-state index is 0.0750. The zero-order valence-corrected chi connectivity index (χ0v) is 13.2. The lowest BCUT2D eigenvalue weighted by Crippen LogP contribution is -2.50. The molecule has 0 spiro atoms. The fraction of sp³-hybridized carbons (Fsp3) is 0.562. The maximum atomic E-state index is 12.2. The van der Waals surface area contributed by atoms with E-state index in [4.69, 9.17) is 5.73 Å². The first-order valence-corrected chi connectivity index (χ1v) is 8.75. The third-order valence-electron chi connectivity index (χ3n) is 4.06. The number of aromatic hydroxyl groups is 1. The minimum Gasteiger partial charge on any atom is -0.508 e. The Kier molecular flexibility index (Phi) is 5.94. The molecule has 0 aliphatic heterocycles. The Morgan fingerprint density at radius 3 is 2.71 bits per heavy atom. The molecular weight excluding hydrogens is 284 g/mol. The third kappa shape index (κ3) is 4.64. The zero-order chi connectivity index (χ0) is 15.2. The first kappa shape index (κ1) is 16.2. The fourth-order valence-corrected chi connectivity index (χ4v) is 3.75. The van der Waals surface area contributed by atoms with Crippen LogP contribution in [0.1, 0.15) is 31.2 Å². The molecule has 5 heteroatoms. The molecule has 0 bridgehead atoms. The number of phenolic OH excluding ortho intramolecular Hbond substituents is 1. The van der Waals surface area contributed by atoms with Crippen LogP contribution in [0.2, 0.25) is 0 Å². The van der Waals surface area contributed by atoms with E-state index < -0.39 is 6.04 Å². The number of hydrogen-bond acceptors (Lipinski definition) is 4. The Morgan fingerprint density at radius 1 is 1.38 bits per heavy atom. The van der Waals surface area contributed by atoms with E-state index in [0.29, 0.717) is 11.7 Å². The van der Waals surface area contributed by atoms with Crippen LogP contribution in [-0.4, -0.2) is 34.6 Å². The van der Waals surface area contributed by atoms with E-state index in [1.807, 2.05) is 11.8 Å². The summed E-state index contributed by atoms with van der Waals surface area (Å²) in [6, 6.07) is 6.53. The molecule has 0 radical (unpaired) electrons. The van der Waals surface area contributed by atoms with Gasteiger partial charge >= 0.3 is 0 Å². The molecule has 116 valence electrons. The quantitative estimate of drug-likeness (QED) is 0.778. The molecular formula is C16H24N2O2S. The number of phenols is 1. The highest BCUT2D eigenvalue weighted by atomic mass is 32.2. The lowest BCUT2D eigenvalue weighted by Gasteiger charge is -2.31. The van der Waals surface area contributed by atoms with E-state index in [9.17, 15) is 9.90 Å². The molecule has 1 aromatic carbocycles. The highest BCUT2D eigenvalue weighted by Gasteiger charge is 2.27. The summed E-state index contributed by atoms with van der Waals surface area (Å²) in [5.41, 5.74) is 6.97. The second-order valence-corrected chi connectivity index (χ2v) is 6.73. The standard InChI is InChI=1S/C16H24N2O2S/c1-21-15-5-3-2-4-14(15)18-16(20)13(17)10-11-6-8-12(19)9-7-11/h6-9,13-15,19H,2-5,10,17H2,1H3,(H,18,20). The van der Waals surface area contributed by atoms with Crippen molar-refractivity contribution in [1.82, 2.24) is 5.32 Å². The molecule has 1 saturated carbocycles. The van der Waals surface area contributed by atoms with Crippen LogP contribution in [0.3, 0.4) is 0 Å². The minimum atomic E-state index is -0.543. The van der Waals surface area contributed by atoms with Gasteiger partial charge in [-0.15, -0.1) is 0 Å². The molecule has 1 amide bonds. The van der Waals surface area contributed by atoms with Crippen LogP contribution < -0.4 is 11.1 Å². The Balaban J connectivity index is 1.88. The van der Waals surface area contributed by atoms with Crippen molar-refractivity contribution in [3.63, 3.8) is 0 Å². The summed E-state index contributed by atoms with van der Waals surface area (Å²) in [4.78, 5) is 12.2. The Morgan fingerprint density at radius 2 is 2.05 bits per heavy atom. The highest BCUT2D eigenvalue weighted by Crippen LogP contribution is 2.27. The van der Waals surface area contributed by atoms with Crippen molar-refractivity contribution >= 4 is 17.7 Å². The van der Waals surface area contributed by atoms with Gasteiger partial charge in [0.05, 0.1) is 6.04 Å². The molecule has 1 aliphatic carbocycles. The van der Waals surface area contributed by atoms with Crippen molar-refractivity contribution in [2.24, 2.45) is 5.73 Å². The molecule has 3 atom stereocenters. The van der Waals surface area contributed by atoms with Gasteiger partial charge in [0.25, 0.3) is 0 Å². The number of nitrogens with two attached hydrogens (primary N) is 1. The number of carbonyl (C=O) groups is 1. The van der Waals surface area contributed by atoms with E-state index >= 15 is 0 Å². The topological polar surface area (TPSA) is 75.4 Å². The summed E-state index contributed by atoms with van der Waals surface area (Å²) in [5.74, 6) is 0.149. The van der Waals surface area contributed by atoms with Gasteiger partial charge in [0.15, 0.2) is 0 Å². The number of thioether (sulfide) groups is 1. The van der Waals surface area contributed by atoms with Gasteiger partial charge in [0.2, 0.25) is 5.91 Å². The van der Waals surface area contributed by atoms with Gasteiger partial charge < -0.3 is 16.2 Å². The second-order valence-electron chi connectivity index (χ2n) is 5.65. The van der Waals surface area contributed by atoms with Gasteiger partial charge in [0.1, 0.15) is 5.75 Å². The Bertz CT molecular complexity index is 464. The molecule has 0 saturated heterocycles. The Labute approximate surface area is 130 Å². The van der Waals surface area contributed by atoms with Crippen molar-refractivity contribution < 1.29 is 9.90 Å². The van der Waals surface area contributed by atoms with Crippen molar-refractivity contribution in [2.75, 3.05) is 6.26 Å². The summed E-state index contributed by atoms with van der Waals surface area (Å²) in [6.45, 7) is 0. The molecule has 0 heterocycles. The number of rotatable bonds is 5. The largest absolute Gasteiger partial charge is 0.508 e. The molecule has 1 aromatic rings. The van der Waals surface area contributed by atoms with Crippen LogP contribution in [0, 0.1) is 0 Å². The molecule has 0 aromatic heterocycles. The summed E-state index contributed by atoms with van der Waals surface area (Å²) in [5, 5.41) is 12.9. The predicted octanol–water partition coefficient (Wildman–Crippen LogP) is 2.05. The van der Waals surface area contributed by atoms with E-state index in [-0.39, 0.29) is 17.7 Å². The highest BCUT2D eigenvalue weighted by molar-refractivity contribution is 7.99. The number of carbonyl (C=O) groups excluding carboxylic acids is 1. The first-order valence-electron chi connectivity index (χ1n) is 7.47. The molecule has 3 unspecified atom stereocenters. The summed E-state index contributed by atoms with van der Waals surface area (Å²) < 4.78 is 0. The molecule has 1 aliphatic rings. The van der Waals surface area contributed by atoms with Crippen LogP contribution in [-0.2, 0) is 11.2 Å². The average Bonchev–Trinajstić information content (AvgIpc) is 2.50. The molecule has 4 nitrogen and oxygen atoms in total. The molecule has 21 heavy (non-hydrogen) atoms. The molecule has 2 rings (SSSR count).